The van der Waals surface area contributed by atoms with Crippen LogP contribution in [0.1, 0.15) is 49.5 Å². The minimum atomic E-state index is 0.0592. The summed E-state index contributed by atoms with van der Waals surface area (Å²) >= 11 is 1.61. The molecule has 1 aromatic rings. The molecule has 116 valence electrons. The summed E-state index contributed by atoms with van der Waals surface area (Å²) in [5, 5.41) is 1.05. The Kier molecular flexibility index (Phi) is 3.82. The fourth-order valence-electron chi connectivity index (χ4n) is 3.48. The van der Waals surface area contributed by atoms with E-state index in [4.69, 9.17) is 4.98 Å². The van der Waals surface area contributed by atoms with Gasteiger partial charge in [-0.05, 0) is 25.3 Å². The molecular weight excluding hydrogens is 282 g/mol. The van der Waals surface area contributed by atoms with Crippen LogP contribution in [0.3, 0.4) is 0 Å². The number of hydrogen-bond donors (Lipinski definition) is 0. The molecule has 1 aliphatic heterocycles. The van der Waals surface area contributed by atoms with E-state index in [1.807, 2.05) is 0 Å². The SMILES string of the molecule is CCN1CCN(c2nc3c(s2)C(=O)CC(C)(C)C3)CC1C. The normalized spacial score (nSPS) is 26.0. The minimum Gasteiger partial charge on any atom is -0.345 e. The third-order valence-corrected chi connectivity index (χ3v) is 5.87. The molecule has 2 heterocycles. The molecule has 1 atom stereocenters. The number of carbonyl (C=O) groups is 1. The van der Waals surface area contributed by atoms with Crippen LogP contribution in [0.2, 0.25) is 0 Å². The van der Waals surface area contributed by atoms with Crippen molar-refractivity contribution in [3.05, 3.63) is 10.6 Å². The highest BCUT2D eigenvalue weighted by atomic mass is 32.1. The lowest BCUT2D eigenvalue weighted by molar-refractivity contribution is 0.0916. The number of aromatic nitrogens is 1. The third-order valence-electron chi connectivity index (χ3n) is 4.67. The summed E-state index contributed by atoms with van der Waals surface area (Å²) in [4.78, 5) is 22.9. The molecule has 1 unspecified atom stereocenters. The van der Waals surface area contributed by atoms with Crippen LogP contribution in [0.4, 0.5) is 5.13 Å². The van der Waals surface area contributed by atoms with Gasteiger partial charge in [0.25, 0.3) is 0 Å². The predicted octanol–water partition coefficient (Wildman–Crippen LogP) is 2.83. The lowest BCUT2D eigenvalue weighted by Crippen LogP contribution is -2.51. The molecule has 1 aromatic heterocycles. The average Bonchev–Trinajstić information content (AvgIpc) is 2.81. The van der Waals surface area contributed by atoms with Crippen LogP contribution in [-0.4, -0.2) is 47.9 Å². The Morgan fingerprint density at radius 1 is 1.33 bits per heavy atom. The highest BCUT2D eigenvalue weighted by Gasteiger charge is 2.35. The summed E-state index contributed by atoms with van der Waals surface area (Å²) in [7, 11) is 0. The van der Waals surface area contributed by atoms with Crippen molar-refractivity contribution in [2.75, 3.05) is 31.1 Å². The number of piperazine rings is 1. The first-order valence-electron chi connectivity index (χ1n) is 7.91. The first-order valence-corrected chi connectivity index (χ1v) is 8.73. The third kappa shape index (κ3) is 2.86. The summed E-state index contributed by atoms with van der Waals surface area (Å²) in [5.74, 6) is 0.283. The molecule has 1 aliphatic carbocycles. The highest BCUT2D eigenvalue weighted by molar-refractivity contribution is 7.17. The maximum atomic E-state index is 12.3. The molecule has 21 heavy (non-hydrogen) atoms. The van der Waals surface area contributed by atoms with Crippen LogP contribution >= 0.6 is 11.3 Å². The van der Waals surface area contributed by atoms with Crippen molar-refractivity contribution in [2.24, 2.45) is 5.41 Å². The zero-order chi connectivity index (χ0) is 15.2. The molecule has 1 saturated heterocycles. The van der Waals surface area contributed by atoms with Gasteiger partial charge in [-0.3, -0.25) is 9.69 Å². The van der Waals surface area contributed by atoms with Crippen LogP contribution in [0.15, 0.2) is 0 Å². The van der Waals surface area contributed by atoms with Gasteiger partial charge in [-0.2, -0.15) is 0 Å². The number of anilines is 1. The van der Waals surface area contributed by atoms with Gasteiger partial charge >= 0.3 is 0 Å². The second-order valence-corrected chi connectivity index (χ2v) is 8.11. The van der Waals surface area contributed by atoms with E-state index in [-0.39, 0.29) is 11.2 Å². The van der Waals surface area contributed by atoms with Gasteiger partial charge in [0.1, 0.15) is 0 Å². The fourth-order valence-corrected chi connectivity index (χ4v) is 4.54. The molecule has 2 aliphatic rings. The Bertz CT molecular complexity index is 552. The molecule has 0 saturated carbocycles. The van der Waals surface area contributed by atoms with Crippen molar-refractivity contribution >= 4 is 22.3 Å². The van der Waals surface area contributed by atoms with E-state index in [1.165, 1.54) is 0 Å². The lowest BCUT2D eigenvalue weighted by atomic mass is 9.78. The molecule has 0 aromatic carbocycles. The van der Waals surface area contributed by atoms with E-state index in [2.05, 4.69) is 37.5 Å². The van der Waals surface area contributed by atoms with Crippen molar-refractivity contribution in [1.29, 1.82) is 0 Å². The summed E-state index contributed by atoms with van der Waals surface area (Å²) < 4.78 is 0. The molecule has 0 bridgehead atoms. The maximum absolute atomic E-state index is 12.3. The Labute approximate surface area is 131 Å². The lowest BCUT2D eigenvalue weighted by Gasteiger charge is -2.39. The van der Waals surface area contributed by atoms with E-state index in [1.54, 1.807) is 11.3 Å². The Morgan fingerprint density at radius 2 is 2.10 bits per heavy atom. The Morgan fingerprint density at radius 3 is 2.76 bits per heavy atom. The first-order chi connectivity index (χ1) is 9.89. The number of carbonyl (C=O) groups excluding carboxylic acids is 1. The number of ketones is 1. The average molecular weight is 307 g/mol. The Hall–Kier alpha value is -0.940. The van der Waals surface area contributed by atoms with E-state index in [9.17, 15) is 4.79 Å². The number of hydrogen-bond acceptors (Lipinski definition) is 5. The quantitative estimate of drug-likeness (QED) is 0.842. The fraction of sp³-hybridized carbons (Fsp3) is 0.750. The van der Waals surface area contributed by atoms with Crippen molar-refractivity contribution in [1.82, 2.24) is 9.88 Å². The van der Waals surface area contributed by atoms with Crippen LogP contribution in [-0.2, 0) is 6.42 Å². The van der Waals surface area contributed by atoms with E-state index in [0.29, 0.717) is 12.5 Å². The van der Waals surface area contributed by atoms with Gasteiger partial charge in [-0.15, -0.1) is 0 Å². The number of rotatable bonds is 2. The number of Topliss-reactive ketones (excluding diaryl/α,β-unsaturated/α-hetero) is 1. The van der Waals surface area contributed by atoms with Gasteiger partial charge in [0.15, 0.2) is 10.9 Å². The van der Waals surface area contributed by atoms with E-state index in [0.717, 1.165) is 48.3 Å². The highest BCUT2D eigenvalue weighted by Crippen LogP contribution is 2.39. The van der Waals surface area contributed by atoms with Crippen LogP contribution in [0.5, 0.6) is 0 Å². The molecule has 4 nitrogen and oxygen atoms in total. The first kappa shape index (κ1) is 15.0. The molecule has 0 N–H and O–H groups in total. The van der Waals surface area contributed by atoms with Crippen LogP contribution < -0.4 is 4.90 Å². The monoisotopic (exact) mass is 307 g/mol. The number of thiazole rings is 1. The zero-order valence-corrected chi connectivity index (χ0v) is 14.3. The van der Waals surface area contributed by atoms with Crippen LogP contribution in [0, 0.1) is 5.41 Å². The van der Waals surface area contributed by atoms with Gasteiger partial charge in [-0.25, -0.2) is 4.98 Å². The molecule has 0 spiro atoms. The molecular formula is C16H25N3OS. The topological polar surface area (TPSA) is 36.4 Å². The summed E-state index contributed by atoms with van der Waals surface area (Å²) in [6.07, 6.45) is 1.58. The molecule has 0 amide bonds. The minimum absolute atomic E-state index is 0.0592. The van der Waals surface area contributed by atoms with Crippen LogP contribution in [0.25, 0.3) is 0 Å². The molecule has 0 radical (unpaired) electrons. The van der Waals surface area contributed by atoms with Gasteiger partial charge in [0, 0.05) is 32.1 Å². The van der Waals surface area contributed by atoms with Gasteiger partial charge in [-0.1, -0.05) is 32.1 Å². The smallest absolute Gasteiger partial charge is 0.186 e. The summed E-state index contributed by atoms with van der Waals surface area (Å²) in [5.41, 5.74) is 1.09. The number of nitrogens with zero attached hydrogens (tertiary/aromatic N) is 3. The van der Waals surface area contributed by atoms with Crippen molar-refractivity contribution in [3.63, 3.8) is 0 Å². The standard InChI is InChI=1S/C16H25N3OS/c1-5-18-6-7-19(10-11(18)2)15-17-12-8-16(3,4)9-13(20)14(12)21-15/h11H,5-10H2,1-4H3. The molecule has 3 rings (SSSR count). The Balaban J connectivity index is 1.81. The van der Waals surface area contributed by atoms with Gasteiger partial charge in [0.05, 0.1) is 10.6 Å². The molecule has 1 fully saturated rings. The van der Waals surface area contributed by atoms with Crippen molar-refractivity contribution < 1.29 is 4.79 Å². The van der Waals surface area contributed by atoms with Crippen molar-refractivity contribution in [3.8, 4) is 0 Å². The number of fused-ring (bicyclic) bond motifs is 1. The summed E-state index contributed by atoms with van der Waals surface area (Å²) in [6.45, 7) is 13.0. The maximum Gasteiger partial charge on any atom is 0.186 e. The van der Waals surface area contributed by atoms with Gasteiger partial charge < -0.3 is 4.90 Å². The van der Waals surface area contributed by atoms with E-state index >= 15 is 0 Å². The second-order valence-electron chi connectivity index (χ2n) is 7.14. The largest absolute Gasteiger partial charge is 0.345 e. The number of likely N-dealkylation sites (N-methyl/N-ethyl adjacent to an activating group) is 1. The zero-order valence-electron chi connectivity index (χ0n) is 13.5. The molecule has 5 heteroatoms. The second kappa shape index (κ2) is 5.36. The van der Waals surface area contributed by atoms with Crippen molar-refractivity contribution in [2.45, 2.75) is 46.6 Å². The van der Waals surface area contributed by atoms with Gasteiger partial charge in [0.2, 0.25) is 0 Å². The van der Waals surface area contributed by atoms with E-state index < -0.39 is 0 Å². The summed E-state index contributed by atoms with van der Waals surface area (Å²) in [6, 6.07) is 0.553. The predicted molar refractivity (Wildman–Crippen MR) is 87.5 cm³/mol.